The van der Waals surface area contributed by atoms with E-state index in [0.717, 1.165) is 57.8 Å². The molecule has 0 atom stereocenters. The summed E-state index contributed by atoms with van der Waals surface area (Å²) in [7, 11) is 0. The van der Waals surface area contributed by atoms with Gasteiger partial charge in [-0.3, -0.25) is 4.79 Å². The highest BCUT2D eigenvalue weighted by Gasteiger charge is 2.30. The first-order valence-electron chi connectivity index (χ1n) is 12.3. The van der Waals surface area contributed by atoms with Crippen molar-refractivity contribution in [2.75, 3.05) is 0 Å². The van der Waals surface area contributed by atoms with Crippen LogP contribution in [-0.4, -0.2) is 12.1 Å². The second-order valence-corrected chi connectivity index (χ2v) is 9.38. The molecule has 0 amide bonds. The van der Waals surface area contributed by atoms with Gasteiger partial charge in [0, 0.05) is 0 Å². The number of hydrogen-bond acceptors (Lipinski definition) is 3. The summed E-state index contributed by atoms with van der Waals surface area (Å²) in [6, 6.07) is 10.6. The molecule has 1 aromatic carbocycles. The maximum atomic E-state index is 12.8. The van der Waals surface area contributed by atoms with Gasteiger partial charge in [-0.15, -0.1) is 0 Å². The highest BCUT2D eigenvalue weighted by atomic mass is 19.1. The van der Waals surface area contributed by atoms with Crippen LogP contribution >= 0.6 is 0 Å². The molecule has 0 saturated heterocycles. The van der Waals surface area contributed by atoms with Gasteiger partial charge in [-0.2, -0.15) is 9.65 Å². The summed E-state index contributed by atoms with van der Waals surface area (Å²) in [5, 5.41) is 8.43. The number of rotatable bonds is 8. The van der Waals surface area contributed by atoms with E-state index in [9.17, 15) is 9.18 Å². The minimum absolute atomic E-state index is 0.00641. The van der Waals surface area contributed by atoms with Crippen LogP contribution in [0.25, 0.3) is 0 Å². The summed E-state index contributed by atoms with van der Waals surface area (Å²) in [4.78, 5) is 12.7. The second kappa shape index (κ2) is 12.6. The lowest BCUT2D eigenvalue weighted by molar-refractivity contribution is -0.157. The monoisotopic (exact) mass is 437 g/mol. The Morgan fingerprint density at radius 3 is 2.41 bits per heavy atom. The minimum Gasteiger partial charge on any atom is -0.462 e. The first kappa shape index (κ1) is 24.2. The van der Waals surface area contributed by atoms with Gasteiger partial charge >= 0.3 is 5.97 Å². The summed E-state index contributed by atoms with van der Waals surface area (Å²) in [5.41, 5.74) is 2.83. The van der Waals surface area contributed by atoms with Crippen molar-refractivity contribution in [3.8, 4) is 6.07 Å². The number of carbonyl (C=O) groups is 1. The van der Waals surface area contributed by atoms with Crippen molar-refractivity contribution in [2.45, 2.75) is 89.6 Å². The minimum atomic E-state index is -0.775. The summed E-state index contributed by atoms with van der Waals surface area (Å²) >= 11 is 0. The fourth-order valence-corrected chi connectivity index (χ4v) is 4.99. The molecule has 0 radical (unpaired) electrons. The topological polar surface area (TPSA) is 50.1 Å². The van der Waals surface area contributed by atoms with Crippen LogP contribution in [0.5, 0.6) is 0 Å². The molecule has 4 heteroatoms. The third kappa shape index (κ3) is 7.33. The van der Waals surface area contributed by atoms with E-state index in [4.69, 9.17) is 10.00 Å². The van der Waals surface area contributed by atoms with E-state index in [1.54, 1.807) is 6.08 Å². The Bertz CT molecular complexity index is 820. The number of carbonyl (C=O) groups excluding carboxylic acids is 1. The average molecular weight is 438 g/mol. The van der Waals surface area contributed by atoms with Crippen molar-refractivity contribution in [1.29, 1.82) is 5.26 Å². The predicted octanol–water partition coefficient (Wildman–Crippen LogP) is 7.34. The van der Waals surface area contributed by atoms with E-state index in [1.807, 2.05) is 6.08 Å². The maximum Gasteiger partial charge on any atom is 0.309 e. The number of benzene rings is 1. The van der Waals surface area contributed by atoms with Gasteiger partial charge in [0.15, 0.2) is 5.83 Å². The molecule has 0 unspecified atom stereocenters. The van der Waals surface area contributed by atoms with Crippen LogP contribution in [0.1, 0.15) is 88.2 Å². The SMILES string of the molecule is CCCCc1ccc([C@H]2CC[C@H](C(=O)OC3CCC(/C=C/C=C(F)C#N)CC3)CC2)cc1. The lowest BCUT2D eigenvalue weighted by Gasteiger charge is -2.31. The summed E-state index contributed by atoms with van der Waals surface area (Å²) < 4.78 is 18.7. The van der Waals surface area contributed by atoms with Crippen LogP contribution in [0.4, 0.5) is 4.39 Å². The van der Waals surface area contributed by atoms with Crippen LogP contribution in [-0.2, 0) is 16.0 Å². The molecule has 32 heavy (non-hydrogen) atoms. The Labute approximate surface area is 192 Å². The Kier molecular flexibility index (Phi) is 9.53. The molecular weight excluding hydrogens is 401 g/mol. The smallest absolute Gasteiger partial charge is 0.309 e. The normalized spacial score (nSPS) is 26.6. The number of aryl methyl sites for hydroxylation is 1. The van der Waals surface area contributed by atoms with Crippen LogP contribution < -0.4 is 0 Å². The summed E-state index contributed by atoms with van der Waals surface area (Å²) in [6.45, 7) is 2.22. The third-order valence-electron chi connectivity index (χ3n) is 7.06. The number of esters is 1. The number of halogens is 1. The lowest BCUT2D eigenvalue weighted by atomic mass is 9.78. The number of hydrogen-bond donors (Lipinski definition) is 0. The number of nitrogens with zero attached hydrogens (tertiary/aromatic N) is 1. The first-order chi connectivity index (χ1) is 15.6. The van der Waals surface area contributed by atoms with Crippen LogP contribution in [0, 0.1) is 23.2 Å². The molecule has 1 aromatic rings. The van der Waals surface area contributed by atoms with Crippen molar-refractivity contribution in [1.82, 2.24) is 0 Å². The molecule has 172 valence electrons. The molecule has 0 aliphatic heterocycles. The molecule has 0 N–H and O–H groups in total. The Morgan fingerprint density at radius 1 is 1.09 bits per heavy atom. The average Bonchev–Trinajstić information content (AvgIpc) is 2.84. The number of nitriles is 1. The van der Waals surface area contributed by atoms with Crippen LogP contribution in [0.2, 0.25) is 0 Å². The van der Waals surface area contributed by atoms with Gasteiger partial charge in [0.2, 0.25) is 0 Å². The summed E-state index contributed by atoms with van der Waals surface area (Å²) in [6.07, 6.45) is 15.9. The number of unbranched alkanes of at least 4 members (excludes halogenated alkanes) is 1. The van der Waals surface area contributed by atoms with Crippen molar-refractivity contribution >= 4 is 5.97 Å². The number of ether oxygens (including phenoxy) is 1. The van der Waals surface area contributed by atoms with Crippen molar-refractivity contribution in [3.63, 3.8) is 0 Å². The van der Waals surface area contributed by atoms with E-state index in [-0.39, 0.29) is 18.0 Å². The van der Waals surface area contributed by atoms with Gasteiger partial charge in [0.05, 0.1) is 5.92 Å². The first-order valence-corrected chi connectivity index (χ1v) is 12.3. The van der Waals surface area contributed by atoms with E-state index in [1.165, 1.54) is 36.1 Å². The van der Waals surface area contributed by atoms with E-state index >= 15 is 0 Å². The molecular formula is C28H36FNO2. The largest absolute Gasteiger partial charge is 0.462 e. The fraction of sp³-hybridized carbons (Fsp3) is 0.571. The maximum absolute atomic E-state index is 12.8. The molecule has 0 spiro atoms. The lowest BCUT2D eigenvalue weighted by Crippen LogP contribution is -2.29. The van der Waals surface area contributed by atoms with Crippen molar-refractivity contribution in [3.05, 3.63) is 59.4 Å². The molecule has 2 aliphatic carbocycles. The molecule has 0 aromatic heterocycles. The van der Waals surface area contributed by atoms with Gasteiger partial charge in [0.25, 0.3) is 0 Å². The second-order valence-electron chi connectivity index (χ2n) is 9.38. The fourth-order valence-electron chi connectivity index (χ4n) is 4.99. The van der Waals surface area contributed by atoms with Crippen LogP contribution in [0.15, 0.2) is 48.3 Å². The van der Waals surface area contributed by atoms with Gasteiger partial charge < -0.3 is 4.74 Å². The highest BCUT2D eigenvalue weighted by molar-refractivity contribution is 5.72. The number of allylic oxidation sites excluding steroid dienone is 4. The van der Waals surface area contributed by atoms with E-state index in [0.29, 0.717) is 11.8 Å². The van der Waals surface area contributed by atoms with E-state index in [2.05, 4.69) is 31.2 Å². The molecule has 2 saturated carbocycles. The van der Waals surface area contributed by atoms with Gasteiger partial charge in [-0.25, -0.2) is 0 Å². The highest BCUT2D eigenvalue weighted by Crippen LogP contribution is 2.37. The third-order valence-corrected chi connectivity index (χ3v) is 7.06. The van der Waals surface area contributed by atoms with Gasteiger partial charge in [0.1, 0.15) is 12.2 Å². The van der Waals surface area contributed by atoms with Crippen molar-refractivity contribution in [2.24, 2.45) is 11.8 Å². The van der Waals surface area contributed by atoms with E-state index < -0.39 is 5.83 Å². The molecule has 3 nitrogen and oxygen atoms in total. The molecule has 2 aliphatic rings. The zero-order valence-electron chi connectivity index (χ0n) is 19.3. The molecule has 0 heterocycles. The Morgan fingerprint density at radius 2 is 1.78 bits per heavy atom. The van der Waals surface area contributed by atoms with Crippen molar-refractivity contribution < 1.29 is 13.9 Å². The quantitative estimate of drug-likeness (QED) is 0.243. The molecule has 0 bridgehead atoms. The summed E-state index contributed by atoms with van der Waals surface area (Å²) in [5.74, 6) is 0.156. The molecule has 3 rings (SSSR count). The van der Waals surface area contributed by atoms with Gasteiger partial charge in [-0.1, -0.05) is 49.8 Å². The van der Waals surface area contributed by atoms with Crippen LogP contribution in [0.3, 0.4) is 0 Å². The zero-order chi connectivity index (χ0) is 22.8. The van der Waals surface area contributed by atoms with Gasteiger partial charge in [-0.05, 0) is 93.2 Å². The standard InChI is InChI=1S/C28H36FNO2/c1-2-3-5-21-8-12-23(13-9-21)24-14-16-25(17-15-24)28(31)32-27-18-10-22(11-19-27)6-4-7-26(29)20-30/h4,6-9,12-13,22,24-25,27H,2-3,5,10-11,14-19H2,1H3/b6-4+,26-7?/t22?,24-,25-,27?. The Hall–Kier alpha value is -2.41. The predicted molar refractivity (Wildman–Crippen MR) is 126 cm³/mol. The Balaban J connectivity index is 1.38. The molecule has 2 fully saturated rings. The zero-order valence-corrected chi connectivity index (χ0v) is 19.3.